The van der Waals surface area contributed by atoms with E-state index in [2.05, 4.69) is 25.0 Å². The molecule has 170 valence electrons. The Labute approximate surface area is 199 Å². The van der Waals surface area contributed by atoms with Gasteiger partial charge in [0.2, 0.25) is 5.91 Å². The highest BCUT2D eigenvalue weighted by Crippen LogP contribution is 2.38. The third kappa shape index (κ3) is 4.18. The molecule has 4 heterocycles. The molecule has 2 amide bonds. The lowest BCUT2D eigenvalue weighted by Crippen LogP contribution is -2.39. The number of amides is 2. The second-order valence-corrected chi connectivity index (χ2v) is 8.49. The molecule has 1 aliphatic rings. The van der Waals surface area contributed by atoms with Crippen LogP contribution in [0.3, 0.4) is 0 Å². The average Bonchev–Trinajstić information content (AvgIpc) is 3.48. The van der Waals surface area contributed by atoms with E-state index >= 15 is 0 Å². The van der Waals surface area contributed by atoms with Crippen molar-refractivity contribution in [1.82, 2.24) is 19.2 Å². The molecule has 4 aromatic rings. The monoisotopic (exact) mass is 472 g/mol. The first-order chi connectivity index (χ1) is 16.5. The molecule has 0 atom stereocenters. The summed E-state index contributed by atoms with van der Waals surface area (Å²) in [6.45, 7) is 1.64. The first kappa shape index (κ1) is 21.5. The molecular formula is C24H20N6O3S. The number of nitrogens with one attached hydrogen (secondary N) is 3. The van der Waals surface area contributed by atoms with Crippen LogP contribution in [-0.4, -0.2) is 43.4 Å². The summed E-state index contributed by atoms with van der Waals surface area (Å²) in [5, 5.41) is 7.72. The third-order valence-electron chi connectivity index (χ3n) is 5.40. The molecule has 0 saturated carbocycles. The van der Waals surface area contributed by atoms with Crippen molar-refractivity contribution in [3.05, 3.63) is 77.1 Å². The standard InChI is InChI=1S/C24H20N6O3S/c1-14(31)27-20-9-15(7-8-25-20)22-23(28-17-5-3-2-4-6-17)21-18(29-22)11-30(12-19(21)32)24(33)16-10-26-34-13-16/h2-10,13,28-29H,11-12H2,1H3,(H,25,27,31). The number of carbonyl (C=O) groups is 3. The summed E-state index contributed by atoms with van der Waals surface area (Å²) in [5.74, 6) is -0.241. The Morgan fingerprint density at radius 2 is 1.97 bits per heavy atom. The highest BCUT2D eigenvalue weighted by Gasteiger charge is 2.33. The largest absolute Gasteiger partial charge is 0.355 e. The molecule has 1 aromatic carbocycles. The molecule has 0 bridgehead atoms. The summed E-state index contributed by atoms with van der Waals surface area (Å²) in [4.78, 5) is 46.7. The van der Waals surface area contributed by atoms with Crippen LogP contribution in [0.15, 0.2) is 60.2 Å². The summed E-state index contributed by atoms with van der Waals surface area (Å²) in [5.41, 5.74) is 4.46. The van der Waals surface area contributed by atoms with Gasteiger partial charge in [-0.2, -0.15) is 0 Å². The molecule has 0 saturated heterocycles. The van der Waals surface area contributed by atoms with Crippen molar-refractivity contribution in [2.75, 3.05) is 17.2 Å². The Kier molecular flexibility index (Phi) is 5.64. The molecule has 0 radical (unpaired) electrons. The summed E-state index contributed by atoms with van der Waals surface area (Å²) in [6, 6.07) is 13.1. The lowest BCUT2D eigenvalue weighted by Gasteiger charge is -2.26. The minimum absolute atomic E-state index is 0.0318. The van der Waals surface area contributed by atoms with Crippen LogP contribution < -0.4 is 10.6 Å². The highest BCUT2D eigenvalue weighted by atomic mass is 32.1. The van der Waals surface area contributed by atoms with Gasteiger partial charge in [-0.1, -0.05) is 18.2 Å². The van der Waals surface area contributed by atoms with Gasteiger partial charge >= 0.3 is 0 Å². The topological polar surface area (TPSA) is 120 Å². The molecule has 1 aliphatic heterocycles. The van der Waals surface area contributed by atoms with E-state index in [4.69, 9.17) is 0 Å². The lowest BCUT2D eigenvalue weighted by atomic mass is 10.0. The number of carbonyl (C=O) groups excluding carboxylic acids is 3. The third-order valence-corrected chi connectivity index (χ3v) is 5.99. The van der Waals surface area contributed by atoms with Gasteiger partial charge in [0, 0.05) is 35.4 Å². The molecule has 9 nitrogen and oxygen atoms in total. The number of Topliss-reactive ketones (excluding diaryl/α,β-unsaturated/α-hetero) is 1. The number of pyridine rings is 1. The molecule has 0 aliphatic carbocycles. The number of H-pyrrole nitrogens is 1. The van der Waals surface area contributed by atoms with Gasteiger partial charge in [0.15, 0.2) is 5.78 Å². The number of fused-ring (bicyclic) bond motifs is 1. The van der Waals surface area contributed by atoms with Crippen molar-refractivity contribution in [2.45, 2.75) is 13.5 Å². The van der Waals surface area contributed by atoms with Crippen molar-refractivity contribution in [1.29, 1.82) is 0 Å². The van der Waals surface area contributed by atoms with E-state index in [9.17, 15) is 14.4 Å². The number of benzene rings is 1. The molecule has 10 heteroatoms. The second-order valence-electron chi connectivity index (χ2n) is 7.83. The van der Waals surface area contributed by atoms with Gasteiger partial charge in [-0.3, -0.25) is 14.4 Å². The van der Waals surface area contributed by atoms with Crippen LogP contribution in [-0.2, 0) is 11.3 Å². The van der Waals surface area contributed by atoms with E-state index in [-0.39, 0.29) is 30.7 Å². The van der Waals surface area contributed by atoms with Crippen molar-refractivity contribution < 1.29 is 14.4 Å². The molecule has 0 fully saturated rings. The maximum absolute atomic E-state index is 13.3. The quantitative estimate of drug-likeness (QED) is 0.403. The Bertz CT molecular complexity index is 1380. The van der Waals surface area contributed by atoms with Crippen molar-refractivity contribution in [3.8, 4) is 11.3 Å². The number of anilines is 3. The Balaban J connectivity index is 1.58. The fraction of sp³-hybridized carbons (Fsp3) is 0.125. The molecule has 0 spiro atoms. The maximum atomic E-state index is 13.3. The number of aromatic nitrogens is 3. The van der Waals surface area contributed by atoms with E-state index in [1.165, 1.54) is 29.6 Å². The van der Waals surface area contributed by atoms with E-state index < -0.39 is 0 Å². The van der Waals surface area contributed by atoms with E-state index in [0.717, 1.165) is 11.3 Å². The SMILES string of the molecule is CC(=O)Nc1cc(-c2[nH]c3c(c2Nc2ccccc2)C(=O)CN(C(=O)c2cnsc2)C3)ccn1. The van der Waals surface area contributed by atoms with Gasteiger partial charge in [0.05, 0.1) is 41.8 Å². The number of nitrogens with zero attached hydrogens (tertiary/aromatic N) is 3. The van der Waals surface area contributed by atoms with Crippen LogP contribution in [0.4, 0.5) is 17.2 Å². The summed E-state index contributed by atoms with van der Waals surface area (Å²) >= 11 is 1.19. The van der Waals surface area contributed by atoms with Crippen LogP contribution in [0.2, 0.25) is 0 Å². The molecule has 0 unspecified atom stereocenters. The van der Waals surface area contributed by atoms with Crippen LogP contribution in [0.1, 0.15) is 33.3 Å². The lowest BCUT2D eigenvalue weighted by molar-refractivity contribution is -0.114. The number of aromatic amines is 1. The predicted octanol–water partition coefficient (Wildman–Crippen LogP) is 4.07. The fourth-order valence-electron chi connectivity index (χ4n) is 3.96. The Morgan fingerprint density at radius 1 is 1.15 bits per heavy atom. The summed E-state index contributed by atoms with van der Waals surface area (Å²) in [7, 11) is 0. The minimum Gasteiger partial charge on any atom is -0.355 e. The zero-order valence-electron chi connectivity index (χ0n) is 18.2. The van der Waals surface area contributed by atoms with Crippen molar-refractivity contribution in [2.24, 2.45) is 0 Å². The number of hydrogen-bond acceptors (Lipinski definition) is 7. The average molecular weight is 473 g/mol. The summed E-state index contributed by atoms with van der Waals surface area (Å²) < 4.78 is 3.99. The van der Waals surface area contributed by atoms with Crippen molar-refractivity contribution in [3.63, 3.8) is 0 Å². The molecule has 3 aromatic heterocycles. The minimum atomic E-state index is -0.238. The normalized spacial score (nSPS) is 12.9. The van der Waals surface area contributed by atoms with Crippen LogP contribution in [0.5, 0.6) is 0 Å². The van der Waals surface area contributed by atoms with E-state index in [1.807, 2.05) is 30.3 Å². The zero-order valence-corrected chi connectivity index (χ0v) is 19.0. The van der Waals surface area contributed by atoms with E-state index in [1.54, 1.807) is 23.7 Å². The van der Waals surface area contributed by atoms with Gasteiger partial charge in [-0.25, -0.2) is 9.36 Å². The molecular weight excluding hydrogens is 452 g/mol. The van der Waals surface area contributed by atoms with Gasteiger partial charge in [0.25, 0.3) is 5.91 Å². The first-order valence-electron chi connectivity index (χ1n) is 10.5. The highest BCUT2D eigenvalue weighted by molar-refractivity contribution is 7.03. The first-order valence-corrected chi connectivity index (χ1v) is 11.4. The van der Waals surface area contributed by atoms with Gasteiger partial charge in [-0.15, -0.1) is 0 Å². The van der Waals surface area contributed by atoms with Crippen molar-refractivity contribution >= 4 is 46.3 Å². The predicted molar refractivity (Wildman–Crippen MR) is 129 cm³/mol. The van der Waals surface area contributed by atoms with Gasteiger partial charge < -0.3 is 20.5 Å². The Hall–Kier alpha value is -4.31. The Morgan fingerprint density at radius 3 is 2.71 bits per heavy atom. The molecule has 3 N–H and O–H groups in total. The smallest absolute Gasteiger partial charge is 0.257 e. The number of rotatable bonds is 5. The van der Waals surface area contributed by atoms with Crippen LogP contribution in [0, 0.1) is 0 Å². The summed E-state index contributed by atoms with van der Waals surface area (Å²) in [6.07, 6.45) is 3.10. The molecule has 34 heavy (non-hydrogen) atoms. The second kappa shape index (κ2) is 8.91. The number of ketones is 1. The maximum Gasteiger partial charge on any atom is 0.257 e. The zero-order chi connectivity index (χ0) is 23.7. The van der Waals surface area contributed by atoms with Gasteiger partial charge in [0.1, 0.15) is 5.82 Å². The van der Waals surface area contributed by atoms with Gasteiger partial charge in [-0.05, 0) is 35.8 Å². The van der Waals surface area contributed by atoms with Crippen LogP contribution >= 0.6 is 11.5 Å². The number of hydrogen-bond donors (Lipinski definition) is 3. The van der Waals surface area contributed by atoms with E-state index in [0.29, 0.717) is 34.0 Å². The number of para-hydroxylation sites is 1. The fourth-order valence-corrected chi connectivity index (χ4v) is 4.47. The molecule has 5 rings (SSSR count). The van der Waals surface area contributed by atoms with Crippen LogP contribution in [0.25, 0.3) is 11.3 Å².